The van der Waals surface area contributed by atoms with Crippen LogP contribution >= 0.6 is 69.6 Å². The molecular formula is C84H103I2N9O9S3. The highest BCUT2D eigenvalue weighted by molar-refractivity contribution is 14.1. The predicted molar refractivity (Wildman–Crippen MR) is 457 cm³/mol. The first kappa shape index (κ1) is 89.8. The second-order valence-corrected chi connectivity index (χ2v) is 37.7. The van der Waals surface area contributed by atoms with Gasteiger partial charge in [-0.25, -0.2) is 23.3 Å². The van der Waals surface area contributed by atoms with Crippen molar-refractivity contribution < 1.29 is 42.3 Å². The number of pyridine rings is 4. The fraction of sp³-hybridized carbons (Fsp3) is 0.357. The minimum Gasteiger partial charge on any atom is -0.477 e. The standard InChI is InChI=1S/C25H28N2O2S.C18H23IN2O.C18H25N3O3S.C10H6INO2.C7H6OS.C6H15N/c1-24(2,3)16-25(4,5)27-22(28)20-14-18-12-9-13-21(19(18)15-26-20)30-23(29)17-10-7-6-8-11-17;1-17(2,3)11-18(4,5)21-16(22)15-9-12-7-6-8-14(19)13(12)10-20-15;1-17(2,3)11-18(4,5)21-16(22)14-9-12-7-6-8-15(25(19,23)24)13(12)10-20-14;11-8-3-1-2-6-4-9(10(13)14)12-5-7(6)8;8-7(9)6-4-2-1-3-5-6;1-4-5-6(2,3)7/h6-15H,16H2,1-5H3,(H,27,28);6-10H,11H2,1-5H3,(H,21,22);6-10H,11H2,1-5H3,(H,21,22)(H2,19,23,24);1-5H,(H,13,14);1-5H,(H,8,9);4-5,7H2,1-3H3. The van der Waals surface area contributed by atoms with E-state index in [0.717, 1.165) is 70.0 Å². The van der Waals surface area contributed by atoms with Crippen LogP contribution in [0.3, 0.4) is 0 Å². The van der Waals surface area contributed by atoms with E-state index in [9.17, 15) is 37.2 Å². The minimum atomic E-state index is -3.85. The summed E-state index contributed by atoms with van der Waals surface area (Å²) in [7, 11) is -3.85. The highest BCUT2D eigenvalue weighted by Gasteiger charge is 2.31. The predicted octanol–water partition coefficient (Wildman–Crippen LogP) is 19.5. The monoisotopic (exact) mass is 1730 g/mol. The van der Waals surface area contributed by atoms with E-state index in [0.29, 0.717) is 33.3 Å². The molecule has 0 aliphatic heterocycles. The molecule has 0 unspecified atom stereocenters. The van der Waals surface area contributed by atoms with E-state index >= 15 is 0 Å². The van der Waals surface area contributed by atoms with Gasteiger partial charge in [-0.15, -0.1) is 12.6 Å². The molecule has 6 aromatic carbocycles. The highest BCUT2D eigenvalue weighted by atomic mass is 127. The van der Waals surface area contributed by atoms with Gasteiger partial charge in [0.05, 0.1) is 4.90 Å². The van der Waals surface area contributed by atoms with Crippen LogP contribution in [0.15, 0.2) is 192 Å². The fourth-order valence-electron chi connectivity index (χ4n) is 12.6. The van der Waals surface area contributed by atoms with Crippen molar-refractivity contribution in [1.29, 1.82) is 0 Å². The number of carboxylic acids is 1. The van der Waals surface area contributed by atoms with Crippen LogP contribution in [0.4, 0.5) is 0 Å². The summed E-state index contributed by atoms with van der Waals surface area (Å²) in [4.78, 5) is 89.2. The summed E-state index contributed by atoms with van der Waals surface area (Å²) in [5, 5.41) is 29.7. The van der Waals surface area contributed by atoms with Gasteiger partial charge in [-0.05, 0) is 224 Å². The number of carbonyl (C=O) groups is 6. The lowest BCUT2D eigenvalue weighted by molar-refractivity contribution is 0.0688. The summed E-state index contributed by atoms with van der Waals surface area (Å²) >= 11 is 9.31. The molecule has 0 saturated heterocycles. The SMILES string of the molecule is CC(C)(C)CC(C)(C)NC(=O)c1cc2cccc(I)c2cn1.CC(C)(C)CC(C)(C)NC(=O)c1cc2cccc(S(N)(=O)=O)c2cn1.CC(C)(C)CC(C)(C)NC(=O)c1cc2cccc(SC(=O)c3ccccc3)c2cn1.CCCC(C)(C)N.O=C(O)c1cc2cccc(I)c2cn1.O=C(S)c1ccccc1. The second-order valence-electron chi connectivity index (χ2n) is 32.4. The smallest absolute Gasteiger partial charge is 0.354 e. The molecule has 4 heterocycles. The average molecular weight is 1730 g/mol. The number of sulfonamides is 1. The summed E-state index contributed by atoms with van der Waals surface area (Å²) in [6.45, 7) is 37.7. The van der Waals surface area contributed by atoms with Crippen molar-refractivity contribution in [1.82, 2.24) is 35.9 Å². The largest absolute Gasteiger partial charge is 0.477 e. The van der Waals surface area contributed by atoms with Crippen LogP contribution in [0.2, 0.25) is 0 Å². The molecule has 107 heavy (non-hydrogen) atoms. The van der Waals surface area contributed by atoms with Gasteiger partial charge in [0.2, 0.25) is 20.3 Å². The van der Waals surface area contributed by atoms with E-state index in [1.165, 1.54) is 30.4 Å². The molecular weight excluding hydrogens is 1630 g/mol. The van der Waals surface area contributed by atoms with E-state index in [4.69, 9.17) is 16.0 Å². The van der Waals surface area contributed by atoms with Crippen LogP contribution < -0.4 is 26.8 Å². The van der Waals surface area contributed by atoms with E-state index in [2.05, 4.69) is 191 Å². The lowest BCUT2D eigenvalue weighted by Crippen LogP contribution is -2.46. The third-order valence-electron chi connectivity index (χ3n) is 15.5. The number of benzene rings is 6. The van der Waals surface area contributed by atoms with Gasteiger partial charge in [0.1, 0.15) is 22.8 Å². The first-order valence-corrected chi connectivity index (χ1v) is 39.9. The van der Waals surface area contributed by atoms with Crippen LogP contribution in [0.25, 0.3) is 43.1 Å². The molecule has 3 amide bonds. The van der Waals surface area contributed by atoms with Crippen molar-refractivity contribution in [2.45, 2.75) is 189 Å². The third-order valence-corrected chi connectivity index (χ3v) is 19.6. The Balaban J connectivity index is 0.000000244. The van der Waals surface area contributed by atoms with Crippen LogP contribution in [0.1, 0.15) is 219 Å². The van der Waals surface area contributed by atoms with Crippen molar-refractivity contribution >= 4 is 157 Å². The normalized spacial score (nSPS) is 11.9. The number of primary sulfonamides is 1. The minimum absolute atomic E-state index is 0.00230. The van der Waals surface area contributed by atoms with E-state index in [1.54, 1.807) is 73.2 Å². The van der Waals surface area contributed by atoms with E-state index < -0.39 is 21.5 Å². The number of thioether (sulfide) groups is 1. The van der Waals surface area contributed by atoms with E-state index in [1.807, 2.05) is 125 Å². The number of hydrogen-bond donors (Lipinski definition) is 7. The molecule has 0 bridgehead atoms. The van der Waals surface area contributed by atoms with Crippen molar-refractivity contribution in [3.8, 4) is 0 Å². The van der Waals surface area contributed by atoms with Gasteiger partial charge in [0, 0.05) is 91.7 Å². The zero-order valence-electron chi connectivity index (χ0n) is 64.5. The number of hydrogen-bond acceptors (Lipinski definition) is 14. The van der Waals surface area contributed by atoms with Gasteiger partial charge in [0.15, 0.2) is 0 Å². The molecule has 18 nitrogen and oxygen atoms in total. The molecule has 10 aromatic rings. The van der Waals surface area contributed by atoms with Crippen molar-refractivity contribution in [3.05, 3.63) is 224 Å². The summed E-state index contributed by atoms with van der Waals surface area (Å²) in [6, 6.07) is 47.2. The molecule has 0 fully saturated rings. The van der Waals surface area contributed by atoms with Crippen LogP contribution in [0, 0.1) is 23.4 Å². The van der Waals surface area contributed by atoms with Gasteiger partial charge >= 0.3 is 5.97 Å². The Morgan fingerprint density at radius 3 is 1.12 bits per heavy atom. The van der Waals surface area contributed by atoms with Crippen molar-refractivity contribution in [3.63, 3.8) is 0 Å². The summed E-state index contributed by atoms with van der Waals surface area (Å²) in [6.07, 6.45) is 11.3. The molecule has 23 heteroatoms. The molecule has 0 aliphatic rings. The Hall–Kier alpha value is -7.79. The summed E-state index contributed by atoms with van der Waals surface area (Å²) in [5.74, 6) is -1.59. The molecule has 0 aliphatic carbocycles. The second kappa shape index (κ2) is 38.5. The number of halogens is 2. The molecule has 10 rings (SSSR count). The van der Waals surface area contributed by atoms with Gasteiger partial charge in [-0.2, -0.15) is 0 Å². The third kappa shape index (κ3) is 31.0. The number of aromatic nitrogens is 4. The highest BCUT2D eigenvalue weighted by Crippen LogP contribution is 2.33. The quantitative estimate of drug-likeness (QED) is 0.0269. The summed E-state index contributed by atoms with van der Waals surface area (Å²) < 4.78 is 25.5. The molecule has 4 aromatic heterocycles. The van der Waals surface area contributed by atoms with Crippen LogP contribution in [-0.2, 0) is 10.0 Å². The number of thiol groups is 1. The zero-order chi connectivity index (χ0) is 80.3. The number of rotatable bonds is 16. The van der Waals surface area contributed by atoms with Gasteiger partial charge in [-0.3, -0.25) is 38.9 Å². The maximum absolute atomic E-state index is 12.8. The number of nitrogens with zero attached hydrogens (tertiary/aromatic N) is 4. The number of amides is 3. The Kier molecular flexibility index (Phi) is 32.3. The molecule has 570 valence electrons. The summed E-state index contributed by atoms with van der Waals surface area (Å²) in [5.41, 5.74) is 7.48. The first-order valence-electron chi connectivity index (χ1n) is 34.9. The molecule has 0 saturated carbocycles. The number of nitrogens with two attached hydrogens (primary N) is 2. The van der Waals surface area contributed by atoms with Crippen molar-refractivity contribution in [2.24, 2.45) is 27.1 Å². The first-order chi connectivity index (χ1) is 49.4. The van der Waals surface area contributed by atoms with Crippen LogP contribution in [0.5, 0.6) is 0 Å². The Labute approximate surface area is 668 Å². The van der Waals surface area contributed by atoms with Gasteiger partial charge in [0.25, 0.3) is 17.7 Å². The molecule has 0 spiro atoms. The lowest BCUT2D eigenvalue weighted by atomic mass is 9.81. The molecule has 8 N–H and O–H groups in total. The van der Waals surface area contributed by atoms with Crippen molar-refractivity contribution in [2.75, 3.05) is 0 Å². The Morgan fingerprint density at radius 2 is 0.785 bits per heavy atom. The maximum atomic E-state index is 12.8. The number of fused-ring (bicyclic) bond motifs is 4. The van der Waals surface area contributed by atoms with Gasteiger partial charge in [-0.1, -0.05) is 185 Å². The van der Waals surface area contributed by atoms with Gasteiger partial charge < -0.3 is 26.8 Å². The van der Waals surface area contributed by atoms with Crippen LogP contribution in [-0.4, -0.2) is 89.5 Å². The van der Waals surface area contributed by atoms with E-state index in [-0.39, 0.29) is 77.1 Å². The topological polar surface area (TPSA) is 296 Å². The Morgan fingerprint density at radius 1 is 0.458 bits per heavy atom. The average Bonchev–Trinajstić information content (AvgIpc) is 0.782. The maximum Gasteiger partial charge on any atom is 0.354 e. The molecule has 0 radical (unpaired) electrons. The fourth-order valence-corrected chi connectivity index (χ4v) is 15.7. The number of carboxylic acid groups (broad SMARTS) is 1. The lowest BCUT2D eigenvalue weighted by Gasteiger charge is -2.33. The number of carbonyl (C=O) groups excluding carboxylic acids is 5. The zero-order valence-corrected chi connectivity index (χ0v) is 71.4. The molecule has 0 atom stereocenters. The Bertz CT molecular complexity index is 4880. The number of nitrogens with one attached hydrogen (secondary N) is 3. The number of aromatic carboxylic acids is 1.